The molecule has 0 bridgehead atoms. The lowest BCUT2D eigenvalue weighted by molar-refractivity contribution is 0.194. The van der Waals surface area contributed by atoms with E-state index in [1.54, 1.807) is 0 Å². The highest BCUT2D eigenvalue weighted by Crippen LogP contribution is 2.14. The molecule has 0 spiro atoms. The maximum Gasteiger partial charge on any atom is 0.130 e. The Kier molecular flexibility index (Phi) is 5.92. The van der Waals surface area contributed by atoms with Crippen LogP contribution in [0.1, 0.15) is 38.2 Å². The number of piperidine rings is 1. The van der Waals surface area contributed by atoms with Crippen molar-refractivity contribution in [1.29, 1.82) is 0 Å². The average molecular weight is 282 g/mol. The van der Waals surface area contributed by atoms with Crippen LogP contribution in [0.15, 0.2) is 18.2 Å². The lowest BCUT2D eigenvalue weighted by Crippen LogP contribution is -2.42. The molecule has 1 N–H and O–H groups in total. The summed E-state index contributed by atoms with van der Waals surface area (Å²) in [5.74, 6) is -0.978. The second-order valence-electron chi connectivity index (χ2n) is 5.59. The molecule has 2 rings (SSSR count). The summed E-state index contributed by atoms with van der Waals surface area (Å²) >= 11 is 0. The fourth-order valence-electron chi connectivity index (χ4n) is 2.66. The van der Waals surface area contributed by atoms with Crippen molar-refractivity contribution in [2.75, 3.05) is 19.6 Å². The van der Waals surface area contributed by atoms with Crippen molar-refractivity contribution in [3.8, 4) is 0 Å². The van der Waals surface area contributed by atoms with Crippen molar-refractivity contribution < 1.29 is 8.78 Å². The highest BCUT2D eigenvalue weighted by molar-refractivity contribution is 5.18. The van der Waals surface area contributed by atoms with Crippen LogP contribution >= 0.6 is 0 Å². The van der Waals surface area contributed by atoms with E-state index in [0.29, 0.717) is 18.2 Å². The highest BCUT2D eigenvalue weighted by Gasteiger charge is 2.18. The number of likely N-dealkylation sites (tertiary alicyclic amines) is 1. The van der Waals surface area contributed by atoms with Crippen molar-refractivity contribution >= 4 is 0 Å². The molecule has 0 aliphatic carbocycles. The molecule has 0 atom stereocenters. The van der Waals surface area contributed by atoms with Crippen LogP contribution in [0.2, 0.25) is 0 Å². The van der Waals surface area contributed by atoms with Gasteiger partial charge in [-0.25, -0.2) is 8.78 Å². The van der Waals surface area contributed by atoms with Gasteiger partial charge < -0.3 is 10.2 Å². The monoisotopic (exact) mass is 282 g/mol. The Morgan fingerprint density at radius 3 is 2.65 bits per heavy atom. The molecule has 20 heavy (non-hydrogen) atoms. The zero-order chi connectivity index (χ0) is 14.4. The zero-order valence-corrected chi connectivity index (χ0v) is 12.2. The highest BCUT2D eigenvalue weighted by atomic mass is 19.1. The minimum atomic E-state index is -0.518. The average Bonchev–Trinajstić information content (AvgIpc) is 2.45. The second kappa shape index (κ2) is 7.70. The minimum absolute atomic E-state index is 0.442. The maximum absolute atomic E-state index is 13.5. The molecular formula is C16H24F2N2. The van der Waals surface area contributed by atoms with Crippen molar-refractivity contribution in [2.45, 2.75) is 45.2 Å². The molecule has 0 amide bonds. The van der Waals surface area contributed by atoms with Crippen molar-refractivity contribution in [2.24, 2.45) is 0 Å². The van der Waals surface area contributed by atoms with Crippen LogP contribution < -0.4 is 5.32 Å². The number of hydrogen-bond donors (Lipinski definition) is 1. The first kappa shape index (κ1) is 15.4. The van der Waals surface area contributed by atoms with Gasteiger partial charge in [0, 0.05) is 24.2 Å². The van der Waals surface area contributed by atoms with E-state index in [4.69, 9.17) is 0 Å². The smallest absolute Gasteiger partial charge is 0.130 e. The summed E-state index contributed by atoms with van der Waals surface area (Å²) in [6.07, 6.45) is 4.71. The molecule has 1 saturated heterocycles. The Labute approximate surface area is 120 Å². The van der Waals surface area contributed by atoms with Crippen molar-refractivity contribution in [3.05, 3.63) is 35.4 Å². The van der Waals surface area contributed by atoms with Crippen LogP contribution in [-0.4, -0.2) is 30.6 Å². The van der Waals surface area contributed by atoms with Crippen LogP contribution in [-0.2, 0) is 6.54 Å². The fraction of sp³-hybridized carbons (Fsp3) is 0.625. The molecule has 1 heterocycles. The van der Waals surface area contributed by atoms with Crippen molar-refractivity contribution in [3.63, 3.8) is 0 Å². The second-order valence-corrected chi connectivity index (χ2v) is 5.59. The van der Waals surface area contributed by atoms with Gasteiger partial charge in [0.1, 0.15) is 11.6 Å². The zero-order valence-electron chi connectivity index (χ0n) is 12.2. The van der Waals surface area contributed by atoms with Gasteiger partial charge in [0.15, 0.2) is 0 Å². The van der Waals surface area contributed by atoms with E-state index < -0.39 is 11.6 Å². The molecule has 112 valence electrons. The van der Waals surface area contributed by atoms with Gasteiger partial charge in [-0.3, -0.25) is 0 Å². The third-order valence-electron chi connectivity index (χ3n) is 4.01. The Morgan fingerprint density at radius 1 is 1.25 bits per heavy atom. The Bertz CT molecular complexity index is 415. The number of hydrogen-bond acceptors (Lipinski definition) is 2. The first-order valence-corrected chi connectivity index (χ1v) is 7.58. The summed E-state index contributed by atoms with van der Waals surface area (Å²) in [4.78, 5) is 2.50. The van der Waals surface area contributed by atoms with E-state index in [9.17, 15) is 8.78 Å². The van der Waals surface area contributed by atoms with Gasteiger partial charge in [-0.2, -0.15) is 0 Å². The van der Waals surface area contributed by atoms with Gasteiger partial charge in [-0.15, -0.1) is 0 Å². The largest absolute Gasteiger partial charge is 0.310 e. The number of unbranched alkanes of at least 4 members (excludes halogenated alkanes) is 1. The maximum atomic E-state index is 13.5. The molecule has 0 aromatic heterocycles. The summed E-state index contributed by atoms with van der Waals surface area (Å²) in [6.45, 7) is 6.11. The summed E-state index contributed by atoms with van der Waals surface area (Å²) in [5.41, 5.74) is 0.541. The molecule has 0 unspecified atom stereocenters. The lowest BCUT2D eigenvalue weighted by Gasteiger charge is -2.32. The van der Waals surface area contributed by atoms with Crippen LogP contribution in [0.3, 0.4) is 0 Å². The molecule has 1 aromatic carbocycles. The van der Waals surface area contributed by atoms with E-state index in [-0.39, 0.29) is 0 Å². The standard InChI is InChI=1S/C16H24F2N2/c1-2-3-8-20-9-6-15(7-10-20)19-12-13-4-5-14(17)11-16(13)18/h4-5,11,15,19H,2-3,6-10,12H2,1H3. The summed E-state index contributed by atoms with van der Waals surface area (Å²) in [7, 11) is 0. The predicted molar refractivity (Wildman–Crippen MR) is 77.6 cm³/mol. The van der Waals surface area contributed by atoms with Gasteiger partial charge in [0.2, 0.25) is 0 Å². The molecular weight excluding hydrogens is 258 g/mol. The van der Waals surface area contributed by atoms with Crippen LogP contribution in [0.25, 0.3) is 0 Å². The number of rotatable bonds is 6. The molecule has 4 heteroatoms. The van der Waals surface area contributed by atoms with E-state index >= 15 is 0 Å². The fourth-order valence-corrected chi connectivity index (χ4v) is 2.66. The van der Waals surface area contributed by atoms with E-state index in [2.05, 4.69) is 17.1 Å². The molecule has 2 nitrogen and oxygen atoms in total. The van der Waals surface area contributed by atoms with Gasteiger partial charge in [-0.1, -0.05) is 19.4 Å². The number of halogens is 2. The molecule has 1 aliphatic rings. The third kappa shape index (κ3) is 4.53. The Hall–Kier alpha value is -1.00. The molecule has 1 aliphatic heterocycles. The van der Waals surface area contributed by atoms with Gasteiger partial charge >= 0.3 is 0 Å². The van der Waals surface area contributed by atoms with E-state index in [1.165, 1.54) is 31.5 Å². The van der Waals surface area contributed by atoms with Crippen LogP contribution in [0.4, 0.5) is 8.78 Å². The van der Waals surface area contributed by atoms with E-state index in [0.717, 1.165) is 32.0 Å². The molecule has 1 aromatic rings. The lowest BCUT2D eigenvalue weighted by atomic mass is 10.0. The summed E-state index contributed by atoms with van der Waals surface area (Å²) in [6, 6.07) is 4.23. The Balaban J connectivity index is 1.73. The SMILES string of the molecule is CCCCN1CCC(NCc2ccc(F)cc2F)CC1. The number of nitrogens with one attached hydrogen (secondary N) is 1. The molecule has 0 radical (unpaired) electrons. The van der Waals surface area contributed by atoms with Crippen molar-refractivity contribution in [1.82, 2.24) is 10.2 Å². The number of benzene rings is 1. The molecule has 1 fully saturated rings. The van der Waals surface area contributed by atoms with Gasteiger partial charge in [-0.05, 0) is 45.0 Å². The van der Waals surface area contributed by atoms with Gasteiger partial charge in [0.05, 0.1) is 0 Å². The van der Waals surface area contributed by atoms with Gasteiger partial charge in [0.25, 0.3) is 0 Å². The topological polar surface area (TPSA) is 15.3 Å². The summed E-state index contributed by atoms with van der Waals surface area (Å²) in [5, 5.41) is 3.39. The molecule has 0 saturated carbocycles. The first-order chi connectivity index (χ1) is 9.69. The normalized spacial score (nSPS) is 17.6. The Morgan fingerprint density at radius 2 is 2.00 bits per heavy atom. The first-order valence-electron chi connectivity index (χ1n) is 7.58. The number of nitrogens with zero attached hydrogens (tertiary/aromatic N) is 1. The predicted octanol–water partition coefficient (Wildman–Crippen LogP) is 3.32. The minimum Gasteiger partial charge on any atom is -0.310 e. The van der Waals surface area contributed by atoms with E-state index in [1.807, 2.05) is 0 Å². The van der Waals surface area contributed by atoms with Crippen LogP contribution in [0.5, 0.6) is 0 Å². The third-order valence-corrected chi connectivity index (χ3v) is 4.01. The van der Waals surface area contributed by atoms with Crippen LogP contribution in [0, 0.1) is 11.6 Å². The summed E-state index contributed by atoms with van der Waals surface area (Å²) < 4.78 is 26.3. The quantitative estimate of drug-likeness (QED) is 0.861.